The van der Waals surface area contributed by atoms with Gasteiger partial charge in [0.15, 0.2) is 5.88 Å². The van der Waals surface area contributed by atoms with Gasteiger partial charge in [0.05, 0.1) is 33.4 Å². The van der Waals surface area contributed by atoms with Crippen LogP contribution in [0.3, 0.4) is 0 Å². The summed E-state index contributed by atoms with van der Waals surface area (Å²) < 4.78 is 41.3. The zero-order valence-corrected chi connectivity index (χ0v) is 22.1. The van der Waals surface area contributed by atoms with Crippen LogP contribution in [-0.2, 0) is 10.0 Å². The third-order valence-corrected chi connectivity index (χ3v) is 8.26. The summed E-state index contributed by atoms with van der Waals surface area (Å²) in [6.45, 7) is 4.24. The quantitative estimate of drug-likeness (QED) is 0.293. The van der Waals surface area contributed by atoms with Gasteiger partial charge in [-0.1, -0.05) is 30.3 Å². The summed E-state index contributed by atoms with van der Waals surface area (Å²) in [4.78, 5) is 9.62. The van der Waals surface area contributed by atoms with Gasteiger partial charge < -0.3 is 15.0 Å². The van der Waals surface area contributed by atoms with E-state index < -0.39 is 21.1 Å². The van der Waals surface area contributed by atoms with Gasteiger partial charge in [0.2, 0.25) is 10.0 Å². The Bertz CT molecular complexity index is 1510. The van der Waals surface area contributed by atoms with Crippen molar-refractivity contribution in [3.8, 4) is 5.88 Å². The Morgan fingerprint density at radius 1 is 1.00 bits per heavy atom. The maximum absolute atomic E-state index is 13.8. The fourth-order valence-electron chi connectivity index (χ4n) is 4.03. The molecule has 1 heterocycles. The first-order valence-electron chi connectivity index (χ1n) is 12.0. The second-order valence-electron chi connectivity index (χ2n) is 9.35. The monoisotopic (exact) mass is 522 g/mol. The van der Waals surface area contributed by atoms with Crippen molar-refractivity contribution >= 4 is 38.0 Å². The molecule has 7 nitrogen and oxygen atoms in total. The van der Waals surface area contributed by atoms with Crippen LogP contribution in [0.2, 0.25) is 0 Å². The zero-order valence-electron chi connectivity index (χ0n) is 21.3. The highest BCUT2D eigenvalue weighted by molar-refractivity contribution is 7.93. The summed E-state index contributed by atoms with van der Waals surface area (Å²) in [5, 5.41) is 10.8. The first-order chi connectivity index (χ1) is 17.6. The number of halogens is 1. The van der Waals surface area contributed by atoms with Gasteiger partial charge in [0.25, 0.3) is 0 Å². The number of rotatable bonds is 9. The minimum absolute atomic E-state index is 0.113. The minimum atomic E-state index is -3.53. The molecule has 0 saturated heterocycles. The Morgan fingerprint density at radius 2 is 1.68 bits per heavy atom. The van der Waals surface area contributed by atoms with Crippen molar-refractivity contribution in [1.82, 2.24) is 9.88 Å². The molecule has 0 aliphatic carbocycles. The SMILES string of the molecule is CC(C)S(=O)(=O)N(CCN(C)C)c1ccc(N=C(c2ccccc2)c2c(O)[nH]c3cc(F)ccc23)cc1. The number of aliphatic imine (C=N–C) groups is 1. The van der Waals surface area contributed by atoms with Crippen molar-refractivity contribution < 1.29 is 17.9 Å². The average Bonchev–Trinajstić information content (AvgIpc) is 3.18. The van der Waals surface area contributed by atoms with E-state index in [0.717, 1.165) is 5.56 Å². The number of fused-ring (bicyclic) bond motifs is 1. The third-order valence-electron chi connectivity index (χ3n) is 6.06. The predicted octanol–water partition coefficient (Wildman–Crippen LogP) is 5.29. The molecule has 0 bridgehead atoms. The smallest absolute Gasteiger partial charge is 0.237 e. The van der Waals surface area contributed by atoms with Gasteiger partial charge in [-0.25, -0.2) is 17.8 Å². The van der Waals surface area contributed by atoms with Crippen molar-refractivity contribution in [1.29, 1.82) is 0 Å². The molecule has 0 radical (unpaired) electrons. The van der Waals surface area contributed by atoms with Gasteiger partial charge in [-0.2, -0.15) is 0 Å². The molecular weight excluding hydrogens is 491 g/mol. The van der Waals surface area contributed by atoms with Gasteiger partial charge in [-0.3, -0.25) is 4.31 Å². The van der Waals surface area contributed by atoms with Crippen molar-refractivity contribution in [3.05, 3.63) is 89.7 Å². The largest absolute Gasteiger partial charge is 0.494 e. The molecule has 0 aliphatic rings. The van der Waals surface area contributed by atoms with Crippen LogP contribution in [-0.4, -0.2) is 61.6 Å². The van der Waals surface area contributed by atoms with Gasteiger partial charge in [0, 0.05) is 24.0 Å². The van der Waals surface area contributed by atoms with E-state index in [1.165, 1.54) is 16.4 Å². The average molecular weight is 523 g/mol. The second kappa shape index (κ2) is 10.7. The van der Waals surface area contributed by atoms with Crippen LogP contribution >= 0.6 is 0 Å². The summed E-state index contributed by atoms with van der Waals surface area (Å²) in [5.74, 6) is -0.526. The fraction of sp³-hybridized carbons (Fsp3) is 0.250. The summed E-state index contributed by atoms with van der Waals surface area (Å²) in [7, 11) is 0.268. The van der Waals surface area contributed by atoms with E-state index in [4.69, 9.17) is 4.99 Å². The maximum atomic E-state index is 13.8. The van der Waals surface area contributed by atoms with E-state index in [9.17, 15) is 17.9 Å². The van der Waals surface area contributed by atoms with Crippen molar-refractivity contribution in [2.24, 2.45) is 4.99 Å². The first-order valence-corrected chi connectivity index (χ1v) is 13.5. The molecule has 9 heteroatoms. The molecule has 0 atom stereocenters. The van der Waals surface area contributed by atoms with E-state index >= 15 is 0 Å². The van der Waals surface area contributed by atoms with Crippen molar-refractivity contribution in [2.45, 2.75) is 19.1 Å². The molecule has 0 saturated carbocycles. The molecule has 0 aliphatic heterocycles. The number of hydrogen-bond acceptors (Lipinski definition) is 5. The molecule has 1 aromatic heterocycles. The molecule has 0 amide bonds. The fourth-order valence-corrected chi connectivity index (χ4v) is 5.29. The van der Waals surface area contributed by atoms with Crippen LogP contribution < -0.4 is 4.31 Å². The summed E-state index contributed by atoms with van der Waals surface area (Å²) in [6.07, 6.45) is 0. The summed E-state index contributed by atoms with van der Waals surface area (Å²) >= 11 is 0. The Hall–Kier alpha value is -3.69. The van der Waals surface area contributed by atoms with Crippen LogP contribution in [0.4, 0.5) is 15.8 Å². The number of benzene rings is 3. The Morgan fingerprint density at radius 3 is 2.30 bits per heavy atom. The molecule has 4 rings (SSSR count). The lowest BCUT2D eigenvalue weighted by Crippen LogP contribution is -2.40. The maximum Gasteiger partial charge on any atom is 0.237 e. The first kappa shape index (κ1) is 26.4. The van der Waals surface area contributed by atoms with Gasteiger partial charge in [-0.05, 0) is 70.4 Å². The topological polar surface area (TPSA) is 89.0 Å². The Labute approximate surface area is 216 Å². The highest BCUT2D eigenvalue weighted by atomic mass is 32.2. The number of sulfonamides is 1. The number of aromatic nitrogens is 1. The third kappa shape index (κ3) is 5.68. The summed E-state index contributed by atoms with van der Waals surface area (Å²) in [6, 6.07) is 20.7. The van der Waals surface area contributed by atoms with Crippen molar-refractivity contribution in [2.75, 3.05) is 31.5 Å². The van der Waals surface area contributed by atoms with Crippen LogP contribution in [0, 0.1) is 5.82 Å². The molecule has 194 valence electrons. The molecule has 4 aromatic rings. The summed E-state index contributed by atoms with van der Waals surface area (Å²) in [5.41, 5.74) is 3.32. The zero-order chi connectivity index (χ0) is 26.7. The lowest BCUT2D eigenvalue weighted by Gasteiger charge is -2.27. The molecule has 0 fully saturated rings. The number of nitrogens with one attached hydrogen (secondary N) is 1. The van der Waals surface area contributed by atoms with E-state index in [-0.39, 0.29) is 5.88 Å². The van der Waals surface area contributed by atoms with Gasteiger partial charge >= 0.3 is 0 Å². The minimum Gasteiger partial charge on any atom is -0.494 e. The molecular formula is C28H31FN4O3S. The van der Waals surface area contributed by atoms with E-state index in [2.05, 4.69) is 4.98 Å². The number of anilines is 1. The second-order valence-corrected chi connectivity index (χ2v) is 11.8. The molecule has 3 aromatic carbocycles. The number of nitrogens with zero attached hydrogens (tertiary/aromatic N) is 3. The van der Waals surface area contributed by atoms with Gasteiger partial charge in [-0.15, -0.1) is 0 Å². The predicted molar refractivity (Wildman–Crippen MR) is 148 cm³/mol. The molecule has 2 N–H and O–H groups in total. The Kier molecular flexibility index (Phi) is 7.65. The van der Waals surface area contributed by atoms with Crippen LogP contribution in [0.1, 0.15) is 25.0 Å². The van der Waals surface area contributed by atoms with E-state index in [0.29, 0.717) is 46.6 Å². The number of aromatic hydroxyl groups is 1. The van der Waals surface area contributed by atoms with E-state index in [1.54, 1.807) is 44.2 Å². The van der Waals surface area contributed by atoms with E-state index in [1.807, 2.05) is 49.3 Å². The van der Waals surface area contributed by atoms with Crippen LogP contribution in [0.25, 0.3) is 10.9 Å². The highest BCUT2D eigenvalue weighted by Crippen LogP contribution is 2.32. The number of likely N-dealkylation sites (N-methyl/N-ethyl adjacent to an activating group) is 1. The number of H-pyrrole nitrogens is 1. The van der Waals surface area contributed by atoms with Crippen molar-refractivity contribution in [3.63, 3.8) is 0 Å². The molecule has 0 spiro atoms. The lowest BCUT2D eigenvalue weighted by atomic mass is 10.0. The molecule has 37 heavy (non-hydrogen) atoms. The highest BCUT2D eigenvalue weighted by Gasteiger charge is 2.26. The van der Waals surface area contributed by atoms with Gasteiger partial charge in [0.1, 0.15) is 5.82 Å². The number of aromatic amines is 1. The number of hydrogen-bond donors (Lipinski definition) is 2. The normalized spacial score (nSPS) is 12.6. The van der Waals surface area contributed by atoms with Crippen LogP contribution in [0.5, 0.6) is 5.88 Å². The van der Waals surface area contributed by atoms with Crippen LogP contribution in [0.15, 0.2) is 77.8 Å². The molecule has 0 unspecified atom stereocenters. The Balaban J connectivity index is 1.80. The standard InChI is InChI=1S/C28H31FN4O3S/c1-19(2)37(35,36)33(17-16-32(3)4)23-13-11-22(12-14-23)30-27(20-8-6-5-7-9-20)26-24-15-10-21(29)18-25(24)31-28(26)34/h5-15,18-19,31,34H,16-17H2,1-4H3. The lowest BCUT2D eigenvalue weighted by molar-refractivity contribution is 0.419.